The first-order valence-corrected chi connectivity index (χ1v) is 9.12. The van der Waals surface area contributed by atoms with Gasteiger partial charge in [-0.15, -0.1) is 11.6 Å². The molecule has 0 saturated carbocycles. The maximum absolute atomic E-state index is 11.8. The van der Waals surface area contributed by atoms with Crippen molar-refractivity contribution >= 4 is 17.5 Å². The number of methoxy groups -OCH3 is 1. The molecule has 1 amide bonds. The van der Waals surface area contributed by atoms with E-state index in [0.29, 0.717) is 18.9 Å². The second-order valence-electron chi connectivity index (χ2n) is 5.78. The lowest BCUT2D eigenvalue weighted by molar-refractivity contribution is -0.122. The first-order chi connectivity index (χ1) is 10.2. The van der Waals surface area contributed by atoms with Gasteiger partial charge in [-0.1, -0.05) is 58.3 Å². The number of ether oxygens (including phenoxy) is 1. The third-order valence-corrected chi connectivity index (χ3v) is 3.92. The summed E-state index contributed by atoms with van der Waals surface area (Å²) >= 11 is 5.72. The monoisotopic (exact) mass is 319 g/mol. The molecular formula is C17H34ClNO2. The third-order valence-electron chi connectivity index (χ3n) is 3.70. The van der Waals surface area contributed by atoms with E-state index in [2.05, 4.69) is 12.2 Å². The summed E-state index contributed by atoms with van der Waals surface area (Å²) in [7, 11) is 1.65. The van der Waals surface area contributed by atoms with Crippen molar-refractivity contribution in [3.05, 3.63) is 0 Å². The highest BCUT2D eigenvalue weighted by Crippen LogP contribution is 2.10. The zero-order valence-electron chi connectivity index (χ0n) is 14.0. The van der Waals surface area contributed by atoms with Crippen LogP contribution in [-0.4, -0.2) is 31.5 Å². The minimum atomic E-state index is 0.0542. The van der Waals surface area contributed by atoms with Gasteiger partial charge >= 0.3 is 0 Å². The highest BCUT2D eigenvalue weighted by Gasteiger charge is 2.11. The molecule has 1 atom stereocenters. The van der Waals surface area contributed by atoms with Gasteiger partial charge in [0, 0.05) is 19.4 Å². The lowest BCUT2D eigenvalue weighted by Crippen LogP contribution is -2.38. The number of carbonyl (C=O) groups excluding carboxylic acids is 1. The van der Waals surface area contributed by atoms with Crippen molar-refractivity contribution in [3.63, 3.8) is 0 Å². The first-order valence-electron chi connectivity index (χ1n) is 8.58. The van der Waals surface area contributed by atoms with Gasteiger partial charge in [0.15, 0.2) is 0 Å². The van der Waals surface area contributed by atoms with Crippen molar-refractivity contribution in [2.45, 2.75) is 83.6 Å². The van der Waals surface area contributed by atoms with Gasteiger partial charge in [0.1, 0.15) is 0 Å². The van der Waals surface area contributed by atoms with Crippen LogP contribution in [0.15, 0.2) is 0 Å². The Hall–Kier alpha value is -0.280. The quantitative estimate of drug-likeness (QED) is 0.352. The lowest BCUT2D eigenvalue weighted by Gasteiger charge is -2.16. The van der Waals surface area contributed by atoms with Crippen LogP contribution >= 0.6 is 11.6 Å². The maximum Gasteiger partial charge on any atom is 0.220 e. The summed E-state index contributed by atoms with van der Waals surface area (Å²) in [5.74, 6) is 0.678. The second-order valence-corrected chi connectivity index (χ2v) is 6.15. The van der Waals surface area contributed by atoms with Crippen LogP contribution in [0, 0.1) is 0 Å². The lowest BCUT2D eigenvalue weighted by atomic mass is 10.1. The van der Waals surface area contributed by atoms with Gasteiger partial charge in [-0.25, -0.2) is 0 Å². The van der Waals surface area contributed by atoms with E-state index in [1.165, 1.54) is 44.9 Å². The Morgan fingerprint density at radius 3 is 2.14 bits per heavy atom. The van der Waals surface area contributed by atoms with Gasteiger partial charge in [-0.3, -0.25) is 4.79 Å². The number of unbranched alkanes of at least 4 members (excludes halogenated alkanes) is 8. The molecule has 0 heterocycles. The molecule has 0 aliphatic carbocycles. The van der Waals surface area contributed by atoms with E-state index < -0.39 is 0 Å². The summed E-state index contributed by atoms with van der Waals surface area (Å²) in [6.07, 6.45) is 12.9. The van der Waals surface area contributed by atoms with Crippen LogP contribution in [-0.2, 0) is 9.53 Å². The summed E-state index contributed by atoms with van der Waals surface area (Å²) in [5, 5.41) is 3.00. The van der Waals surface area contributed by atoms with Crippen molar-refractivity contribution in [1.29, 1.82) is 0 Å². The Labute approximate surface area is 136 Å². The largest absolute Gasteiger partial charge is 0.383 e. The second kappa shape index (κ2) is 16.1. The normalized spacial score (nSPS) is 12.3. The third kappa shape index (κ3) is 14.4. The van der Waals surface area contributed by atoms with Gasteiger partial charge < -0.3 is 10.1 Å². The molecule has 0 radical (unpaired) electrons. The maximum atomic E-state index is 11.8. The van der Waals surface area contributed by atoms with Crippen LogP contribution in [0.1, 0.15) is 77.6 Å². The van der Waals surface area contributed by atoms with Crippen LogP contribution in [0.2, 0.25) is 0 Å². The molecule has 0 rings (SSSR count). The molecule has 0 aliphatic heterocycles. The number of nitrogens with one attached hydrogen (secondary N) is 1. The zero-order chi connectivity index (χ0) is 15.8. The Morgan fingerprint density at radius 2 is 1.62 bits per heavy atom. The van der Waals surface area contributed by atoms with Gasteiger partial charge in [0.25, 0.3) is 0 Å². The van der Waals surface area contributed by atoms with E-state index >= 15 is 0 Å². The van der Waals surface area contributed by atoms with E-state index in [9.17, 15) is 4.79 Å². The molecule has 21 heavy (non-hydrogen) atoms. The fraction of sp³-hybridized carbons (Fsp3) is 0.941. The molecule has 0 aromatic heterocycles. The summed E-state index contributed by atoms with van der Waals surface area (Å²) in [4.78, 5) is 11.8. The van der Waals surface area contributed by atoms with E-state index in [1.807, 2.05) is 0 Å². The zero-order valence-corrected chi connectivity index (χ0v) is 14.7. The van der Waals surface area contributed by atoms with Crippen molar-refractivity contribution in [3.8, 4) is 0 Å². The van der Waals surface area contributed by atoms with Crippen LogP contribution < -0.4 is 5.32 Å². The Balaban J connectivity index is 3.43. The summed E-state index contributed by atoms with van der Waals surface area (Å²) in [5.41, 5.74) is 0. The van der Waals surface area contributed by atoms with Crippen molar-refractivity contribution in [2.75, 3.05) is 19.6 Å². The summed E-state index contributed by atoms with van der Waals surface area (Å²) in [6.45, 7) is 2.78. The Morgan fingerprint density at radius 1 is 1.05 bits per heavy atom. The number of halogens is 1. The number of alkyl halides is 1. The van der Waals surface area contributed by atoms with Gasteiger partial charge in [0.2, 0.25) is 5.91 Å². The first kappa shape index (κ1) is 20.7. The van der Waals surface area contributed by atoms with Crippen LogP contribution in [0.4, 0.5) is 0 Å². The number of hydrogen-bond donors (Lipinski definition) is 1. The van der Waals surface area contributed by atoms with Crippen LogP contribution in [0.25, 0.3) is 0 Å². The standard InChI is InChI=1S/C17H34ClNO2/c1-3-4-5-6-7-8-9-10-11-12-17(20)19-16(13-14-18)15-21-2/h16H,3-15H2,1-2H3,(H,19,20). The van der Waals surface area contributed by atoms with Crippen molar-refractivity contribution in [1.82, 2.24) is 5.32 Å². The van der Waals surface area contributed by atoms with Crippen LogP contribution in [0.5, 0.6) is 0 Å². The predicted molar refractivity (Wildman–Crippen MR) is 91.0 cm³/mol. The molecule has 3 nitrogen and oxygen atoms in total. The predicted octanol–water partition coefficient (Wildman–Crippen LogP) is 4.67. The fourth-order valence-electron chi connectivity index (χ4n) is 2.43. The fourth-order valence-corrected chi connectivity index (χ4v) is 2.69. The summed E-state index contributed by atoms with van der Waals surface area (Å²) in [6, 6.07) is 0.0542. The van der Waals surface area contributed by atoms with Crippen LogP contribution in [0.3, 0.4) is 0 Å². The Kier molecular flexibility index (Phi) is 15.9. The van der Waals surface area contributed by atoms with Crippen molar-refractivity contribution in [2.24, 2.45) is 0 Å². The van der Waals surface area contributed by atoms with Gasteiger partial charge in [-0.2, -0.15) is 0 Å². The molecule has 0 saturated heterocycles. The van der Waals surface area contributed by atoms with Crippen molar-refractivity contribution < 1.29 is 9.53 Å². The minimum Gasteiger partial charge on any atom is -0.383 e. The molecule has 126 valence electrons. The van der Waals surface area contributed by atoms with E-state index in [-0.39, 0.29) is 11.9 Å². The molecular weight excluding hydrogens is 286 g/mol. The van der Waals surface area contributed by atoms with E-state index in [1.54, 1.807) is 7.11 Å². The highest BCUT2D eigenvalue weighted by molar-refractivity contribution is 6.17. The molecule has 0 bridgehead atoms. The highest BCUT2D eigenvalue weighted by atomic mass is 35.5. The number of rotatable bonds is 15. The molecule has 1 N–H and O–H groups in total. The number of carbonyl (C=O) groups is 1. The summed E-state index contributed by atoms with van der Waals surface area (Å²) < 4.78 is 5.08. The Bertz CT molecular complexity index is 231. The van der Waals surface area contributed by atoms with E-state index in [4.69, 9.17) is 16.3 Å². The smallest absolute Gasteiger partial charge is 0.220 e. The van der Waals surface area contributed by atoms with Gasteiger partial charge in [0.05, 0.1) is 12.6 Å². The average Bonchev–Trinajstić information content (AvgIpc) is 2.46. The SMILES string of the molecule is CCCCCCCCCCCC(=O)NC(CCCl)COC. The molecule has 0 spiro atoms. The molecule has 1 unspecified atom stereocenters. The number of hydrogen-bond acceptors (Lipinski definition) is 2. The minimum absolute atomic E-state index is 0.0542. The average molecular weight is 320 g/mol. The van der Waals surface area contributed by atoms with E-state index in [0.717, 1.165) is 19.3 Å². The molecule has 0 aromatic rings. The molecule has 4 heteroatoms. The molecule has 0 aliphatic rings. The molecule has 0 aromatic carbocycles. The topological polar surface area (TPSA) is 38.3 Å². The van der Waals surface area contributed by atoms with Gasteiger partial charge in [-0.05, 0) is 12.8 Å². The molecule has 0 fully saturated rings. The number of amides is 1.